The normalized spacial score (nSPS) is 21.8. The predicted molar refractivity (Wildman–Crippen MR) is 75.1 cm³/mol. The molecule has 1 aromatic rings. The van der Waals surface area contributed by atoms with Crippen LogP contribution in [0.2, 0.25) is 0 Å². The van der Waals surface area contributed by atoms with Gasteiger partial charge in [0.2, 0.25) is 0 Å². The van der Waals surface area contributed by atoms with Crippen LogP contribution in [0.25, 0.3) is 0 Å². The maximum atomic E-state index is 12.3. The molecule has 2 aliphatic heterocycles. The first-order valence-corrected chi connectivity index (χ1v) is 7.28. The fourth-order valence-corrected chi connectivity index (χ4v) is 2.81. The maximum Gasteiger partial charge on any atom is 0.343 e. The van der Waals surface area contributed by atoms with E-state index in [1.807, 2.05) is 13.8 Å². The van der Waals surface area contributed by atoms with Gasteiger partial charge in [0, 0.05) is 26.1 Å². The highest BCUT2D eigenvalue weighted by Gasteiger charge is 2.34. The van der Waals surface area contributed by atoms with Gasteiger partial charge in [0.15, 0.2) is 0 Å². The standard InChI is InChI=1S/C14H20N4O2/c1-3-10-12-13(17-11(4-2)16-10)18-6-5-15-7-9(18)8-20-14(12)19/h9,15H,3-8H2,1-2H3. The van der Waals surface area contributed by atoms with Crippen LogP contribution in [-0.4, -0.2) is 48.2 Å². The number of rotatable bonds is 2. The van der Waals surface area contributed by atoms with E-state index in [9.17, 15) is 4.79 Å². The van der Waals surface area contributed by atoms with E-state index in [1.54, 1.807) is 0 Å². The summed E-state index contributed by atoms with van der Waals surface area (Å²) >= 11 is 0. The van der Waals surface area contributed by atoms with Crippen LogP contribution >= 0.6 is 0 Å². The minimum Gasteiger partial charge on any atom is -0.460 e. The number of aromatic nitrogens is 2. The quantitative estimate of drug-likeness (QED) is 0.796. The molecule has 1 N–H and O–H groups in total. The van der Waals surface area contributed by atoms with Gasteiger partial charge in [-0.3, -0.25) is 0 Å². The molecule has 1 aromatic heterocycles. The Bertz CT molecular complexity index is 532. The highest BCUT2D eigenvalue weighted by atomic mass is 16.5. The van der Waals surface area contributed by atoms with Crippen LogP contribution in [0.5, 0.6) is 0 Å². The van der Waals surface area contributed by atoms with Crippen molar-refractivity contribution in [2.75, 3.05) is 31.1 Å². The molecule has 3 heterocycles. The van der Waals surface area contributed by atoms with Crippen molar-refractivity contribution in [3.63, 3.8) is 0 Å². The lowest BCUT2D eigenvalue weighted by Crippen LogP contribution is -2.53. The molecule has 1 fully saturated rings. The van der Waals surface area contributed by atoms with E-state index < -0.39 is 0 Å². The molecule has 20 heavy (non-hydrogen) atoms. The molecule has 6 nitrogen and oxygen atoms in total. The fraction of sp³-hybridized carbons (Fsp3) is 0.643. The average molecular weight is 276 g/mol. The summed E-state index contributed by atoms with van der Waals surface area (Å²) < 4.78 is 5.41. The lowest BCUT2D eigenvalue weighted by atomic mass is 10.1. The monoisotopic (exact) mass is 276 g/mol. The Morgan fingerprint density at radius 3 is 2.95 bits per heavy atom. The third-order valence-electron chi connectivity index (χ3n) is 3.90. The van der Waals surface area contributed by atoms with Crippen molar-refractivity contribution in [1.29, 1.82) is 0 Å². The molecule has 0 aliphatic carbocycles. The number of anilines is 1. The minimum absolute atomic E-state index is 0.165. The molecule has 1 saturated heterocycles. The first kappa shape index (κ1) is 13.3. The van der Waals surface area contributed by atoms with Crippen molar-refractivity contribution < 1.29 is 9.53 Å². The van der Waals surface area contributed by atoms with Gasteiger partial charge in [-0.25, -0.2) is 14.8 Å². The first-order chi connectivity index (χ1) is 9.74. The van der Waals surface area contributed by atoms with E-state index in [0.717, 1.165) is 43.4 Å². The minimum atomic E-state index is -0.283. The van der Waals surface area contributed by atoms with Crippen LogP contribution in [0.3, 0.4) is 0 Å². The number of carbonyl (C=O) groups excluding carboxylic acids is 1. The van der Waals surface area contributed by atoms with Gasteiger partial charge in [-0.15, -0.1) is 0 Å². The van der Waals surface area contributed by atoms with Crippen LogP contribution in [0.4, 0.5) is 5.82 Å². The molecule has 108 valence electrons. The lowest BCUT2D eigenvalue weighted by Gasteiger charge is -2.35. The third kappa shape index (κ3) is 2.14. The van der Waals surface area contributed by atoms with Crippen LogP contribution in [-0.2, 0) is 17.6 Å². The zero-order valence-corrected chi connectivity index (χ0v) is 12.0. The second-order valence-electron chi connectivity index (χ2n) is 5.14. The number of esters is 1. The number of piperazine rings is 1. The summed E-state index contributed by atoms with van der Waals surface area (Å²) in [6, 6.07) is 0.165. The number of fused-ring (bicyclic) bond motifs is 3. The first-order valence-electron chi connectivity index (χ1n) is 7.28. The molecule has 2 aliphatic rings. The van der Waals surface area contributed by atoms with Gasteiger partial charge in [0.25, 0.3) is 0 Å². The second-order valence-corrected chi connectivity index (χ2v) is 5.14. The van der Waals surface area contributed by atoms with Gasteiger partial charge in [-0.2, -0.15) is 0 Å². The summed E-state index contributed by atoms with van der Waals surface area (Å²) in [6.45, 7) is 7.02. The van der Waals surface area contributed by atoms with Gasteiger partial charge in [-0.05, 0) is 6.42 Å². The molecule has 0 aromatic carbocycles. The van der Waals surface area contributed by atoms with Crippen molar-refractivity contribution in [2.24, 2.45) is 0 Å². The van der Waals surface area contributed by atoms with Crippen LogP contribution in [0.15, 0.2) is 0 Å². The van der Waals surface area contributed by atoms with E-state index in [4.69, 9.17) is 4.74 Å². The van der Waals surface area contributed by atoms with E-state index in [2.05, 4.69) is 20.2 Å². The summed E-state index contributed by atoms with van der Waals surface area (Å²) in [5, 5.41) is 3.34. The molecule has 6 heteroatoms. The third-order valence-corrected chi connectivity index (χ3v) is 3.90. The van der Waals surface area contributed by atoms with Gasteiger partial charge >= 0.3 is 5.97 Å². The number of carbonyl (C=O) groups is 1. The highest BCUT2D eigenvalue weighted by molar-refractivity contribution is 5.96. The number of nitrogens with zero attached hydrogens (tertiary/aromatic N) is 3. The Hall–Kier alpha value is -1.69. The largest absolute Gasteiger partial charge is 0.460 e. The van der Waals surface area contributed by atoms with Crippen LogP contribution in [0.1, 0.15) is 35.7 Å². The Kier molecular flexibility index (Phi) is 3.56. The van der Waals surface area contributed by atoms with Crippen LogP contribution < -0.4 is 10.2 Å². The average Bonchev–Trinajstić information content (AvgIpc) is 2.64. The van der Waals surface area contributed by atoms with Gasteiger partial charge < -0.3 is 15.0 Å². The number of aryl methyl sites for hydroxylation is 2. The van der Waals surface area contributed by atoms with Crippen molar-refractivity contribution in [2.45, 2.75) is 32.7 Å². The Labute approximate surface area is 118 Å². The van der Waals surface area contributed by atoms with Gasteiger partial charge in [-0.1, -0.05) is 13.8 Å². The van der Waals surface area contributed by atoms with E-state index in [1.165, 1.54) is 0 Å². The van der Waals surface area contributed by atoms with E-state index >= 15 is 0 Å². The van der Waals surface area contributed by atoms with Crippen molar-refractivity contribution in [1.82, 2.24) is 15.3 Å². The van der Waals surface area contributed by atoms with E-state index in [-0.39, 0.29) is 12.0 Å². The predicted octanol–water partition coefficient (Wildman–Crippen LogP) is 0.550. The van der Waals surface area contributed by atoms with Crippen molar-refractivity contribution >= 4 is 11.8 Å². The second kappa shape index (κ2) is 5.36. The number of hydrogen-bond acceptors (Lipinski definition) is 6. The number of cyclic esters (lactones) is 1. The van der Waals surface area contributed by atoms with Gasteiger partial charge in [0.05, 0.1) is 11.7 Å². The highest BCUT2D eigenvalue weighted by Crippen LogP contribution is 2.28. The molecule has 0 radical (unpaired) electrons. The topological polar surface area (TPSA) is 67.3 Å². The maximum absolute atomic E-state index is 12.3. The molecule has 3 rings (SSSR count). The fourth-order valence-electron chi connectivity index (χ4n) is 2.81. The molecule has 0 saturated carbocycles. The number of hydrogen-bond donors (Lipinski definition) is 1. The number of ether oxygens (including phenoxy) is 1. The zero-order valence-electron chi connectivity index (χ0n) is 12.0. The molecule has 0 bridgehead atoms. The van der Waals surface area contributed by atoms with Gasteiger partial charge in [0.1, 0.15) is 23.8 Å². The Morgan fingerprint density at radius 2 is 2.20 bits per heavy atom. The zero-order chi connectivity index (χ0) is 14.1. The van der Waals surface area contributed by atoms with Crippen molar-refractivity contribution in [3.05, 3.63) is 17.1 Å². The van der Waals surface area contributed by atoms with E-state index in [0.29, 0.717) is 18.6 Å². The summed E-state index contributed by atoms with van der Waals surface area (Å²) in [5.74, 6) is 1.28. The molecular formula is C14H20N4O2. The SMILES string of the molecule is CCc1nc(CC)c2c(n1)N1CCNCC1COC2=O. The number of nitrogens with one attached hydrogen (secondary N) is 1. The summed E-state index contributed by atoms with van der Waals surface area (Å²) in [6.07, 6.45) is 1.48. The molecule has 0 spiro atoms. The molecule has 0 amide bonds. The Morgan fingerprint density at radius 1 is 1.35 bits per heavy atom. The summed E-state index contributed by atoms with van der Waals surface area (Å²) in [7, 11) is 0. The molecule has 1 unspecified atom stereocenters. The van der Waals surface area contributed by atoms with Crippen molar-refractivity contribution in [3.8, 4) is 0 Å². The summed E-state index contributed by atoms with van der Waals surface area (Å²) in [4.78, 5) is 23.6. The summed E-state index contributed by atoms with van der Waals surface area (Å²) in [5.41, 5.74) is 1.37. The Balaban J connectivity index is 2.15. The lowest BCUT2D eigenvalue weighted by molar-refractivity contribution is 0.0488. The molecular weight excluding hydrogens is 256 g/mol. The molecule has 1 atom stereocenters. The van der Waals surface area contributed by atoms with Crippen LogP contribution in [0, 0.1) is 0 Å². The smallest absolute Gasteiger partial charge is 0.343 e.